The second-order valence-electron chi connectivity index (χ2n) is 12.6. The Hall–Kier alpha value is -5.64. The van der Waals surface area contributed by atoms with Gasteiger partial charge in [0.2, 0.25) is 0 Å². The molecule has 0 unspecified atom stereocenters. The summed E-state index contributed by atoms with van der Waals surface area (Å²) in [5, 5.41) is 3.22. The predicted octanol–water partition coefficient (Wildman–Crippen LogP) is 6.91. The number of amides is 1. The molecule has 0 radical (unpaired) electrons. The molecule has 0 bridgehead atoms. The Kier molecular flexibility index (Phi) is 14.9. The van der Waals surface area contributed by atoms with E-state index in [2.05, 4.69) is 15.3 Å². The number of nitrogens with one attached hydrogen (secondary N) is 1. The number of aromatic nitrogens is 4. The fourth-order valence-electron chi connectivity index (χ4n) is 5.83. The zero-order valence-corrected chi connectivity index (χ0v) is 31.3. The highest BCUT2D eigenvalue weighted by atomic mass is 19.1. The lowest BCUT2D eigenvalue weighted by Crippen LogP contribution is -2.42. The molecule has 2 fully saturated rings. The van der Waals surface area contributed by atoms with Crippen LogP contribution in [0.1, 0.15) is 25.7 Å². The quantitative estimate of drug-likeness (QED) is 0.187. The fraction of sp³-hybridized carbons (Fsp3) is 0.350. The van der Waals surface area contributed by atoms with Crippen LogP contribution in [0, 0.1) is 11.6 Å². The van der Waals surface area contributed by atoms with Crippen molar-refractivity contribution in [1.82, 2.24) is 29.3 Å². The number of para-hydroxylation sites is 1. The van der Waals surface area contributed by atoms with E-state index < -0.39 is 17.7 Å². The Morgan fingerprint density at radius 1 is 0.764 bits per heavy atom. The van der Waals surface area contributed by atoms with Crippen molar-refractivity contribution in [3.8, 4) is 39.8 Å². The summed E-state index contributed by atoms with van der Waals surface area (Å²) in [7, 11) is 6.60. The van der Waals surface area contributed by atoms with Gasteiger partial charge in [-0.15, -0.1) is 0 Å². The Morgan fingerprint density at radius 3 is 1.78 bits per heavy atom. The van der Waals surface area contributed by atoms with Crippen molar-refractivity contribution in [2.45, 2.75) is 37.8 Å². The van der Waals surface area contributed by atoms with Crippen LogP contribution in [0.5, 0.6) is 17.2 Å². The highest BCUT2D eigenvalue weighted by Gasteiger charge is 2.24. The van der Waals surface area contributed by atoms with E-state index in [1.807, 2.05) is 13.1 Å². The molecule has 2 saturated heterocycles. The molecule has 2 aromatic heterocycles. The first-order valence-electron chi connectivity index (χ1n) is 17.8. The first-order chi connectivity index (χ1) is 26.7. The summed E-state index contributed by atoms with van der Waals surface area (Å²) in [5.41, 5.74) is 2.42. The molecule has 0 aliphatic carbocycles. The molecule has 13 nitrogen and oxygen atoms in total. The molecule has 5 aromatic rings. The number of nitrogens with zero attached hydrogens (tertiary/aromatic N) is 5. The van der Waals surface area contributed by atoms with Crippen molar-refractivity contribution >= 4 is 12.1 Å². The number of ether oxygens (including phenoxy) is 5. The van der Waals surface area contributed by atoms with Crippen LogP contribution in [0.25, 0.3) is 22.5 Å². The van der Waals surface area contributed by atoms with Gasteiger partial charge < -0.3 is 33.9 Å². The van der Waals surface area contributed by atoms with E-state index in [1.54, 1.807) is 60.6 Å². The van der Waals surface area contributed by atoms with Crippen molar-refractivity contribution in [3.05, 3.63) is 103 Å². The Balaban J connectivity index is 0.000000176. The summed E-state index contributed by atoms with van der Waals surface area (Å²) < 4.78 is 55.2. The fourth-order valence-corrected chi connectivity index (χ4v) is 5.83. The molecule has 0 saturated carbocycles. The van der Waals surface area contributed by atoms with E-state index in [1.165, 1.54) is 73.2 Å². The van der Waals surface area contributed by atoms with Crippen molar-refractivity contribution in [2.24, 2.45) is 0 Å². The Bertz CT molecular complexity index is 1980. The van der Waals surface area contributed by atoms with E-state index in [0.717, 1.165) is 26.1 Å². The summed E-state index contributed by atoms with van der Waals surface area (Å²) in [6, 6.07) is 18.3. The molecule has 1 N–H and O–H groups in total. The first kappa shape index (κ1) is 40.5. The standard InChI is InChI=1S/C17H20FN3O3.C17H13FN2O3.C6H13NO/c1-20(13-5-7-24-8-6-13)17(22)21-10-15(19-11-21)12-3-4-14(18)16(9-12)23-2;1-22-16-9-12(7-8-14(16)18)15-10-20(11-19-15)17(21)23-13-5-3-2-4-6-13;1-7-6-2-4-8-5-3-6/h3-4,9-11,13H,5-8H2,1-2H3;2-11H,1H3;6-7H,2-5H2,1H3. The number of halogens is 2. The van der Waals surface area contributed by atoms with Crippen LogP contribution in [-0.4, -0.2) is 103 Å². The largest absolute Gasteiger partial charge is 0.494 e. The van der Waals surface area contributed by atoms with Gasteiger partial charge in [-0.2, -0.15) is 0 Å². The van der Waals surface area contributed by atoms with Crippen LogP contribution in [0.3, 0.4) is 0 Å². The van der Waals surface area contributed by atoms with Gasteiger partial charge in [0.05, 0.1) is 25.6 Å². The molecule has 2 aliphatic heterocycles. The van der Waals surface area contributed by atoms with Gasteiger partial charge in [-0.25, -0.2) is 32.9 Å². The minimum atomic E-state index is -0.580. The average molecular weight is 761 g/mol. The number of carbonyl (C=O) groups excluding carboxylic acids is 2. The van der Waals surface area contributed by atoms with Crippen LogP contribution in [-0.2, 0) is 9.47 Å². The number of benzene rings is 3. The zero-order chi connectivity index (χ0) is 39.2. The molecule has 4 heterocycles. The minimum Gasteiger partial charge on any atom is -0.494 e. The van der Waals surface area contributed by atoms with Crippen molar-refractivity contribution in [3.63, 3.8) is 0 Å². The summed E-state index contributed by atoms with van der Waals surface area (Å²) in [5.74, 6) is -0.192. The molecule has 0 atom stereocenters. The molecule has 15 heteroatoms. The lowest BCUT2D eigenvalue weighted by Gasteiger charge is -2.30. The highest BCUT2D eigenvalue weighted by Crippen LogP contribution is 2.27. The van der Waals surface area contributed by atoms with Crippen molar-refractivity contribution < 1.29 is 42.1 Å². The lowest BCUT2D eigenvalue weighted by molar-refractivity contribution is 0.0528. The monoisotopic (exact) mass is 760 g/mol. The molecule has 292 valence electrons. The maximum absolute atomic E-state index is 13.5. The molecule has 0 spiro atoms. The maximum atomic E-state index is 13.5. The minimum absolute atomic E-state index is 0.115. The number of methoxy groups -OCH3 is 2. The predicted molar refractivity (Wildman–Crippen MR) is 202 cm³/mol. The van der Waals surface area contributed by atoms with Gasteiger partial charge in [-0.05, 0) is 81.3 Å². The van der Waals surface area contributed by atoms with Gasteiger partial charge in [0.15, 0.2) is 23.1 Å². The van der Waals surface area contributed by atoms with E-state index in [-0.39, 0.29) is 23.6 Å². The number of imidazole rings is 2. The number of carbonyl (C=O) groups is 2. The van der Waals surface area contributed by atoms with Crippen LogP contribution < -0.4 is 19.5 Å². The maximum Gasteiger partial charge on any atom is 0.424 e. The van der Waals surface area contributed by atoms with Gasteiger partial charge in [0.25, 0.3) is 0 Å². The third kappa shape index (κ3) is 11.2. The van der Waals surface area contributed by atoms with Gasteiger partial charge in [-0.3, -0.25) is 4.57 Å². The topological polar surface area (TPSA) is 131 Å². The van der Waals surface area contributed by atoms with E-state index in [9.17, 15) is 18.4 Å². The van der Waals surface area contributed by atoms with Gasteiger partial charge in [0, 0.05) is 69.1 Å². The first-order valence-corrected chi connectivity index (χ1v) is 17.8. The lowest BCUT2D eigenvalue weighted by atomic mass is 10.1. The number of hydrogen-bond acceptors (Lipinski definition) is 10. The smallest absolute Gasteiger partial charge is 0.424 e. The van der Waals surface area contributed by atoms with Gasteiger partial charge in [-0.1, -0.05) is 18.2 Å². The number of rotatable bonds is 7. The van der Waals surface area contributed by atoms with Crippen LogP contribution >= 0.6 is 0 Å². The molecule has 2 aliphatic rings. The number of hydrogen-bond donors (Lipinski definition) is 1. The van der Waals surface area contributed by atoms with Gasteiger partial charge >= 0.3 is 12.1 Å². The summed E-state index contributed by atoms with van der Waals surface area (Å²) in [4.78, 5) is 34.8. The van der Waals surface area contributed by atoms with Crippen LogP contribution in [0.15, 0.2) is 91.8 Å². The Morgan fingerprint density at radius 2 is 1.27 bits per heavy atom. The molecule has 7 rings (SSSR count). The average Bonchev–Trinajstić information content (AvgIpc) is 3.94. The molecular weight excluding hydrogens is 714 g/mol. The van der Waals surface area contributed by atoms with E-state index in [4.69, 9.17) is 23.7 Å². The van der Waals surface area contributed by atoms with E-state index >= 15 is 0 Å². The van der Waals surface area contributed by atoms with Crippen LogP contribution in [0.4, 0.5) is 18.4 Å². The Labute approximate surface area is 318 Å². The third-order valence-corrected chi connectivity index (χ3v) is 9.11. The summed E-state index contributed by atoms with van der Waals surface area (Å²) in [6.45, 7) is 3.22. The molecule has 1 amide bonds. The second-order valence-corrected chi connectivity index (χ2v) is 12.6. The van der Waals surface area contributed by atoms with Crippen molar-refractivity contribution in [2.75, 3.05) is 54.7 Å². The highest BCUT2D eigenvalue weighted by molar-refractivity contribution is 5.78. The summed E-state index contributed by atoms with van der Waals surface area (Å²) >= 11 is 0. The molecular formula is C40H46F2N6O7. The summed E-state index contributed by atoms with van der Waals surface area (Å²) in [6.07, 6.45) is 9.41. The van der Waals surface area contributed by atoms with Crippen LogP contribution in [0.2, 0.25) is 0 Å². The SMILES string of the molecule is CNC1CCOCC1.COc1cc(-c2cn(C(=O)N(C)C3CCOCC3)cn2)ccc1F.COc1cc(-c2cn(C(=O)Oc3ccccc3)cn2)ccc1F. The van der Waals surface area contributed by atoms with Gasteiger partial charge in [0.1, 0.15) is 18.4 Å². The van der Waals surface area contributed by atoms with E-state index in [0.29, 0.717) is 47.5 Å². The zero-order valence-electron chi connectivity index (χ0n) is 31.3. The molecule has 55 heavy (non-hydrogen) atoms. The third-order valence-electron chi connectivity index (χ3n) is 9.11. The second kappa shape index (κ2) is 20.2. The normalized spacial score (nSPS) is 14.4. The molecule has 3 aromatic carbocycles. The van der Waals surface area contributed by atoms with Crippen molar-refractivity contribution in [1.29, 1.82) is 0 Å².